The number of nitrogens with zero attached hydrogens (tertiary/aromatic N) is 1. The van der Waals surface area contributed by atoms with Crippen molar-refractivity contribution in [2.45, 2.75) is 26.2 Å². The maximum atomic E-state index is 12.2. The van der Waals surface area contributed by atoms with Crippen molar-refractivity contribution in [3.63, 3.8) is 0 Å². The van der Waals surface area contributed by atoms with Gasteiger partial charge in [0.05, 0.1) is 6.61 Å². The molecular weight excluding hydrogens is 264 g/mol. The van der Waals surface area contributed by atoms with Crippen molar-refractivity contribution in [3.05, 3.63) is 29.8 Å². The van der Waals surface area contributed by atoms with Crippen LogP contribution in [0.4, 0.5) is 0 Å². The molecule has 2 rings (SSSR count). The monoisotopic (exact) mass is 290 g/mol. The third-order valence-corrected chi connectivity index (χ3v) is 3.74. The van der Waals surface area contributed by atoms with E-state index in [1.54, 1.807) is 0 Å². The number of Topliss-reactive ketones (excluding diaryl/α,β-unsaturated/α-hetero) is 1. The van der Waals surface area contributed by atoms with Gasteiger partial charge in [-0.3, -0.25) is 4.79 Å². The summed E-state index contributed by atoms with van der Waals surface area (Å²) in [7, 11) is 0. The molecule has 0 spiro atoms. The SMILES string of the molecule is CCCOc1ccc(C(=O)CCN2CCCNCC2)cc1. The van der Waals surface area contributed by atoms with Crippen LogP contribution < -0.4 is 10.1 Å². The molecule has 1 aromatic rings. The number of nitrogens with one attached hydrogen (secondary N) is 1. The lowest BCUT2D eigenvalue weighted by atomic mass is 10.1. The van der Waals surface area contributed by atoms with E-state index in [0.717, 1.165) is 63.5 Å². The zero-order valence-corrected chi connectivity index (χ0v) is 12.9. The molecule has 4 nitrogen and oxygen atoms in total. The molecule has 1 aliphatic heterocycles. The molecule has 1 fully saturated rings. The number of carbonyl (C=O) groups is 1. The minimum atomic E-state index is 0.217. The summed E-state index contributed by atoms with van der Waals surface area (Å²) in [6, 6.07) is 7.52. The Kier molecular flexibility index (Phi) is 6.70. The first-order valence-corrected chi connectivity index (χ1v) is 7.98. The molecule has 0 aliphatic carbocycles. The summed E-state index contributed by atoms with van der Waals surface area (Å²) in [5.74, 6) is 1.06. The highest BCUT2D eigenvalue weighted by atomic mass is 16.5. The van der Waals surface area contributed by atoms with E-state index in [9.17, 15) is 4.79 Å². The van der Waals surface area contributed by atoms with Gasteiger partial charge in [-0.25, -0.2) is 0 Å². The predicted molar refractivity (Wildman–Crippen MR) is 85.1 cm³/mol. The quantitative estimate of drug-likeness (QED) is 0.783. The standard InChI is InChI=1S/C17H26N2O2/c1-2-14-21-16-6-4-15(5-7-16)17(20)8-12-19-11-3-9-18-10-13-19/h4-7,18H,2-3,8-14H2,1H3. The van der Waals surface area contributed by atoms with Crippen LogP contribution in [0.5, 0.6) is 5.75 Å². The predicted octanol–water partition coefficient (Wildman–Crippen LogP) is 2.34. The molecule has 0 radical (unpaired) electrons. The van der Waals surface area contributed by atoms with Gasteiger partial charge in [0.2, 0.25) is 0 Å². The second kappa shape index (κ2) is 8.80. The molecule has 1 N–H and O–H groups in total. The van der Waals surface area contributed by atoms with E-state index in [0.29, 0.717) is 6.42 Å². The first-order chi connectivity index (χ1) is 10.3. The summed E-state index contributed by atoms with van der Waals surface area (Å²) < 4.78 is 5.53. The molecule has 1 aliphatic rings. The molecule has 0 saturated carbocycles. The zero-order chi connectivity index (χ0) is 14.9. The van der Waals surface area contributed by atoms with Gasteiger partial charge >= 0.3 is 0 Å². The lowest BCUT2D eigenvalue weighted by Gasteiger charge is -2.18. The van der Waals surface area contributed by atoms with Gasteiger partial charge in [0, 0.05) is 31.6 Å². The molecule has 0 bridgehead atoms. The molecule has 1 heterocycles. The van der Waals surface area contributed by atoms with E-state index in [-0.39, 0.29) is 5.78 Å². The van der Waals surface area contributed by atoms with Crippen LogP contribution in [0.1, 0.15) is 36.5 Å². The molecule has 1 aromatic carbocycles. The fourth-order valence-electron chi connectivity index (χ4n) is 2.49. The number of hydrogen-bond donors (Lipinski definition) is 1. The third-order valence-electron chi connectivity index (χ3n) is 3.74. The van der Waals surface area contributed by atoms with Crippen molar-refractivity contribution >= 4 is 5.78 Å². The van der Waals surface area contributed by atoms with Gasteiger partial charge < -0.3 is 15.0 Å². The Morgan fingerprint density at radius 2 is 2.05 bits per heavy atom. The minimum absolute atomic E-state index is 0.217. The summed E-state index contributed by atoms with van der Waals surface area (Å²) in [4.78, 5) is 14.6. The molecule has 0 aromatic heterocycles. The Morgan fingerprint density at radius 3 is 2.81 bits per heavy atom. The van der Waals surface area contributed by atoms with Crippen molar-refractivity contribution in [2.24, 2.45) is 0 Å². The number of rotatable bonds is 7. The summed E-state index contributed by atoms with van der Waals surface area (Å²) in [5, 5.41) is 3.38. The Labute approximate surface area is 127 Å². The van der Waals surface area contributed by atoms with Gasteiger partial charge in [0.15, 0.2) is 5.78 Å². The second-order valence-corrected chi connectivity index (χ2v) is 5.49. The first kappa shape index (κ1) is 16.0. The topological polar surface area (TPSA) is 41.6 Å². The van der Waals surface area contributed by atoms with Crippen molar-refractivity contribution in [3.8, 4) is 5.75 Å². The first-order valence-electron chi connectivity index (χ1n) is 7.98. The smallest absolute Gasteiger partial charge is 0.164 e. The number of carbonyl (C=O) groups excluding carboxylic acids is 1. The maximum Gasteiger partial charge on any atom is 0.164 e. The van der Waals surface area contributed by atoms with E-state index >= 15 is 0 Å². The second-order valence-electron chi connectivity index (χ2n) is 5.49. The van der Waals surface area contributed by atoms with Crippen LogP contribution in [0.15, 0.2) is 24.3 Å². The highest BCUT2D eigenvalue weighted by Crippen LogP contribution is 2.14. The molecule has 1 saturated heterocycles. The Balaban J connectivity index is 1.79. The van der Waals surface area contributed by atoms with E-state index in [1.807, 2.05) is 24.3 Å². The van der Waals surface area contributed by atoms with Gasteiger partial charge in [0.25, 0.3) is 0 Å². The Hall–Kier alpha value is -1.39. The fraction of sp³-hybridized carbons (Fsp3) is 0.588. The lowest BCUT2D eigenvalue weighted by Crippen LogP contribution is -2.30. The van der Waals surface area contributed by atoms with Gasteiger partial charge in [-0.15, -0.1) is 0 Å². The van der Waals surface area contributed by atoms with Gasteiger partial charge in [-0.1, -0.05) is 6.92 Å². The highest BCUT2D eigenvalue weighted by molar-refractivity contribution is 5.96. The molecular formula is C17H26N2O2. The fourth-order valence-corrected chi connectivity index (χ4v) is 2.49. The third kappa shape index (κ3) is 5.48. The summed E-state index contributed by atoms with van der Waals surface area (Å²) >= 11 is 0. The van der Waals surface area contributed by atoms with Crippen molar-refractivity contribution in [1.29, 1.82) is 0 Å². The average Bonchev–Trinajstić information content (AvgIpc) is 2.80. The van der Waals surface area contributed by atoms with E-state index < -0.39 is 0 Å². The minimum Gasteiger partial charge on any atom is -0.494 e. The normalized spacial score (nSPS) is 16.4. The average molecular weight is 290 g/mol. The molecule has 116 valence electrons. The summed E-state index contributed by atoms with van der Waals surface area (Å²) in [5.41, 5.74) is 0.784. The molecule has 21 heavy (non-hydrogen) atoms. The van der Waals surface area contributed by atoms with E-state index in [4.69, 9.17) is 4.74 Å². The Bertz CT molecular complexity index is 423. The number of ether oxygens (including phenoxy) is 1. The van der Waals surface area contributed by atoms with Crippen LogP contribution in [-0.2, 0) is 0 Å². The van der Waals surface area contributed by atoms with E-state index in [1.165, 1.54) is 0 Å². The maximum absolute atomic E-state index is 12.2. The van der Waals surface area contributed by atoms with Crippen molar-refractivity contribution in [2.75, 3.05) is 39.3 Å². The Morgan fingerprint density at radius 1 is 1.24 bits per heavy atom. The molecule has 0 unspecified atom stereocenters. The number of hydrogen-bond acceptors (Lipinski definition) is 4. The molecule has 4 heteroatoms. The van der Waals surface area contributed by atoms with Crippen LogP contribution in [-0.4, -0.2) is 50.0 Å². The van der Waals surface area contributed by atoms with Crippen molar-refractivity contribution in [1.82, 2.24) is 10.2 Å². The largest absolute Gasteiger partial charge is 0.494 e. The highest BCUT2D eigenvalue weighted by Gasteiger charge is 2.11. The van der Waals surface area contributed by atoms with Crippen LogP contribution in [0, 0.1) is 0 Å². The number of benzene rings is 1. The van der Waals surface area contributed by atoms with Crippen LogP contribution >= 0.6 is 0 Å². The lowest BCUT2D eigenvalue weighted by molar-refractivity contribution is 0.0965. The van der Waals surface area contributed by atoms with Crippen LogP contribution in [0.2, 0.25) is 0 Å². The van der Waals surface area contributed by atoms with Gasteiger partial charge in [0.1, 0.15) is 5.75 Å². The summed E-state index contributed by atoms with van der Waals surface area (Å²) in [6.45, 7) is 7.89. The molecule has 0 amide bonds. The van der Waals surface area contributed by atoms with Crippen LogP contribution in [0.3, 0.4) is 0 Å². The van der Waals surface area contributed by atoms with E-state index in [2.05, 4.69) is 17.1 Å². The summed E-state index contributed by atoms with van der Waals surface area (Å²) in [6.07, 6.45) is 2.75. The van der Waals surface area contributed by atoms with Crippen LogP contribution in [0.25, 0.3) is 0 Å². The van der Waals surface area contributed by atoms with Crippen molar-refractivity contribution < 1.29 is 9.53 Å². The number of ketones is 1. The van der Waals surface area contributed by atoms with Gasteiger partial charge in [-0.05, 0) is 50.2 Å². The molecule has 0 atom stereocenters. The zero-order valence-electron chi connectivity index (χ0n) is 12.9. The van der Waals surface area contributed by atoms with Gasteiger partial charge in [-0.2, -0.15) is 0 Å².